The molecule has 0 radical (unpaired) electrons. The van der Waals surface area contributed by atoms with Crippen molar-refractivity contribution < 1.29 is 14.0 Å². The summed E-state index contributed by atoms with van der Waals surface area (Å²) in [5.41, 5.74) is 3.34. The second kappa shape index (κ2) is 7.45. The molecule has 0 atom stereocenters. The predicted octanol–water partition coefficient (Wildman–Crippen LogP) is 5.05. The van der Waals surface area contributed by atoms with Crippen LogP contribution in [-0.2, 0) is 0 Å². The summed E-state index contributed by atoms with van der Waals surface area (Å²) in [5.74, 6) is -0.459. The van der Waals surface area contributed by atoms with E-state index in [0.29, 0.717) is 22.0 Å². The molecule has 1 heterocycles. The van der Waals surface area contributed by atoms with E-state index in [0.717, 1.165) is 11.1 Å². The van der Waals surface area contributed by atoms with Gasteiger partial charge in [0.1, 0.15) is 0 Å². The van der Waals surface area contributed by atoms with Gasteiger partial charge in [0.15, 0.2) is 5.76 Å². The van der Waals surface area contributed by atoms with Crippen LogP contribution < -0.4 is 10.6 Å². The molecule has 2 N–H and O–H groups in total. The first-order valence-electron chi connectivity index (χ1n) is 7.97. The standard InChI is InChI=1S/C20H17ClN2O3/c1-12-5-7-14(10-16(12)23-20(25)18-4-3-9-26-18)19(24)22-17-11-15(21)8-6-13(17)2/h3-11H,1-2H3,(H,22,24)(H,23,25). The number of carbonyl (C=O) groups is 2. The minimum absolute atomic E-state index is 0.203. The van der Waals surface area contributed by atoms with Gasteiger partial charge in [0.2, 0.25) is 0 Å². The number of hydrogen-bond donors (Lipinski definition) is 2. The smallest absolute Gasteiger partial charge is 0.291 e. The van der Waals surface area contributed by atoms with Gasteiger partial charge in [0, 0.05) is 22.0 Å². The molecule has 0 aliphatic heterocycles. The van der Waals surface area contributed by atoms with Crippen LogP contribution >= 0.6 is 11.6 Å². The lowest BCUT2D eigenvalue weighted by atomic mass is 10.1. The molecule has 5 nitrogen and oxygen atoms in total. The average molecular weight is 369 g/mol. The molecule has 0 aliphatic carbocycles. The molecule has 3 rings (SSSR count). The molecule has 0 fully saturated rings. The summed E-state index contributed by atoms with van der Waals surface area (Å²) in [4.78, 5) is 24.7. The SMILES string of the molecule is Cc1ccc(Cl)cc1NC(=O)c1ccc(C)c(NC(=O)c2ccco2)c1. The third-order valence-corrected chi connectivity index (χ3v) is 4.18. The van der Waals surface area contributed by atoms with Crippen molar-refractivity contribution in [3.63, 3.8) is 0 Å². The Hall–Kier alpha value is -3.05. The van der Waals surface area contributed by atoms with Crippen molar-refractivity contribution in [2.75, 3.05) is 10.6 Å². The number of nitrogens with one attached hydrogen (secondary N) is 2. The number of carbonyl (C=O) groups excluding carboxylic acids is 2. The molecule has 2 aromatic carbocycles. The first kappa shape index (κ1) is 17.8. The fraction of sp³-hybridized carbons (Fsp3) is 0.100. The molecule has 0 saturated carbocycles. The molecule has 132 valence electrons. The van der Waals surface area contributed by atoms with Crippen molar-refractivity contribution >= 4 is 34.8 Å². The van der Waals surface area contributed by atoms with Gasteiger partial charge in [-0.2, -0.15) is 0 Å². The quantitative estimate of drug-likeness (QED) is 0.676. The van der Waals surface area contributed by atoms with E-state index in [1.165, 1.54) is 6.26 Å². The Balaban J connectivity index is 1.81. The van der Waals surface area contributed by atoms with Gasteiger partial charge in [0.25, 0.3) is 11.8 Å². The van der Waals surface area contributed by atoms with Gasteiger partial charge < -0.3 is 15.1 Å². The summed E-state index contributed by atoms with van der Waals surface area (Å²) >= 11 is 5.99. The molecule has 6 heteroatoms. The molecular weight excluding hydrogens is 352 g/mol. The number of hydrogen-bond acceptors (Lipinski definition) is 3. The molecule has 0 spiro atoms. The van der Waals surface area contributed by atoms with Gasteiger partial charge in [-0.25, -0.2) is 0 Å². The summed E-state index contributed by atoms with van der Waals surface area (Å²) in [6.45, 7) is 3.73. The van der Waals surface area contributed by atoms with Gasteiger partial charge in [-0.1, -0.05) is 23.7 Å². The van der Waals surface area contributed by atoms with Crippen LogP contribution in [0.1, 0.15) is 32.0 Å². The van der Waals surface area contributed by atoms with E-state index >= 15 is 0 Å². The van der Waals surface area contributed by atoms with E-state index in [1.54, 1.807) is 42.5 Å². The highest BCUT2D eigenvalue weighted by Gasteiger charge is 2.14. The molecule has 0 bridgehead atoms. The zero-order valence-electron chi connectivity index (χ0n) is 14.3. The molecule has 26 heavy (non-hydrogen) atoms. The predicted molar refractivity (Wildman–Crippen MR) is 102 cm³/mol. The Kier molecular flexibility index (Phi) is 5.09. The van der Waals surface area contributed by atoms with E-state index < -0.39 is 0 Å². The monoisotopic (exact) mass is 368 g/mol. The van der Waals surface area contributed by atoms with Crippen molar-refractivity contribution in [3.8, 4) is 0 Å². The molecule has 3 aromatic rings. The van der Waals surface area contributed by atoms with Crippen LogP contribution in [0.25, 0.3) is 0 Å². The van der Waals surface area contributed by atoms with Gasteiger partial charge in [-0.3, -0.25) is 9.59 Å². The maximum atomic E-state index is 12.6. The summed E-state index contributed by atoms with van der Waals surface area (Å²) in [7, 11) is 0. The normalized spacial score (nSPS) is 10.4. The Morgan fingerprint density at radius 3 is 2.23 bits per heavy atom. The number of rotatable bonds is 4. The van der Waals surface area contributed by atoms with Crippen LogP contribution in [0, 0.1) is 13.8 Å². The zero-order valence-corrected chi connectivity index (χ0v) is 15.1. The van der Waals surface area contributed by atoms with E-state index in [2.05, 4.69) is 10.6 Å². The van der Waals surface area contributed by atoms with Crippen LogP contribution in [0.15, 0.2) is 59.2 Å². The minimum atomic E-state index is -0.374. The highest BCUT2D eigenvalue weighted by molar-refractivity contribution is 6.31. The molecular formula is C20H17ClN2O3. The Labute approximate surface area is 156 Å². The lowest BCUT2D eigenvalue weighted by Gasteiger charge is -2.12. The van der Waals surface area contributed by atoms with E-state index in [-0.39, 0.29) is 17.6 Å². The molecule has 0 unspecified atom stereocenters. The van der Waals surface area contributed by atoms with Crippen molar-refractivity contribution in [1.29, 1.82) is 0 Å². The number of halogens is 1. The average Bonchev–Trinajstić information content (AvgIpc) is 3.14. The maximum absolute atomic E-state index is 12.6. The Morgan fingerprint density at radius 1 is 0.885 bits per heavy atom. The van der Waals surface area contributed by atoms with Crippen molar-refractivity contribution in [2.24, 2.45) is 0 Å². The second-order valence-corrected chi connectivity index (χ2v) is 6.31. The van der Waals surface area contributed by atoms with Crippen molar-refractivity contribution in [1.82, 2.24) is 0 Å². The first-order chi connectivity index (χ1) is 12.4. The lowest BCUT2D eigenvalue weighted by molar-refractivity contribution is 0.0993. The van der Waals surface area contributed by atoms with Crippen LogP contribution in [0.5, 0.6) is 0 Å². The van der Waals surface area contributed by atoms with Gasteiger partial charge in [0.05, 0.1) is 6.26 Å². The van der Waals surface area contributed by atoms with Crippen LogP contribution in [0.4, 0.5) is 11.4 Å². The fourth-order valence-electron chi connectivity index (χ4n) is 2.41. The third-order valence-electron chi connectivity index (χ3n) is 3.94. The number of anilines is 2. The molecule has 1 aromatic heterocycles. The van der Waals surface area contributed by atoms with Crippen LogP contribution in [-0.4, -0.2) is 11.8 Å². The zero-order chi connectivity index (χ0) is 18.7. The van der Waals surface area contributed by atoms with E-state index in [1.807, 2.05) is 19.9 Å². The van der Waals surface area contributed by atoms with E-state index in [4.69, 9.17) is 16.0 Å². The molecule has 2 amide bonds. The van der Waals surface area contributed by atoms with Crippen molar-refractivity contribution in [2.45, 2.75) is 13.8 Å². The number of aryl methyl sites for hydroxylation is 2. The number of amides is 2. The Bertz CT molecular complexity index is 965. The van der Waals surface area contributed by atoms with Crippen LogP contribution in [0.2, 0.25) is 5.02 Å². The van der Waals surface area contributed by atoms with Gasteiger partial charge in [-0.05, 0) is 61.4 Å². The third kappa shape index (κ3) is 3.95. The van der Waals surface area contributed by atoms with E-state index in [9.17, 15) is 9.59 Å². The summed E-state index contributed by atoms with van der Waals surface area (Å²) in [6.07, 6.45) is 1.43. The van der Waals surface area contributed by atoms with Crippen LogP contribution in [0.3, 0.4) is 0 Å². The number of benzene rings is 2. The second-order valence-electron chi connectivity index (χ2n) is 5.87. The first-order valence-corrected chi connectivity index (χ1v) is 8.35. The largest absolute Gasteiger partial charge is 0.459 e. The molecule has 0 saturated heterocycles. The maximum Gasteiger partial charge on any atom is 0.291 e. The number of furan rings is 1. The molecule has 0 aliphatic rings. The highest BCUT2D eigenvalue weighted by Crippen LogP contribution is 2.23. The minimum Gasteiger partial charge on any atom is -0.459 e. The fourth-order valence-corrected chi connectivity index (χ4v) is 2.59. The van der Waals surface area contributed by atoms with Gasteiger partial charge in [-0.15, -0.1) is 0 Å². The summed E-state index contributed by atoms with van der Waals surface area (Å²) in [5, 5.41) is 6.14. The summed E-state index contributed by atoms with van der Waals surface area (Å²) in [6, 6.07) is 13.6. The van der Waals surface area contributed by atoms with Crippen molar-refractivity contribution in [3.05, 3.63) is 82.3 Å². The highest BCUT2D eigenvalue weighted by atomic mass is 35.5. The lowest BCUT2D eigenvalue weighted by Crippen LogP contribution is -2.15. The van der Waals surface area contributed by atoms with Gasteiger partial charge >= 0.3 is 0 Å². The Morgan fingerprint density at radius 2 is 1.54 bits per heavy atom. The summed E-state index contributed by atoms with van der Waals surface area (Å²) < 4.78 is 5.08. The topological polar surface area (TPSA) is 71.3 Å².